The van der Waals surface area contributed by atoms with Gasteiger partial charge in [0.25, 0.3) is 0 Å². The number of para-hydroxylation sites is 3. The Bertz CT molecular complexity index is 3110. The van der Waals surface area contributed by atoms with Gasteiger partial charge >= 0.3 is 0 Å². The summed E-state index contributed by atoms with van der Waals surface area (Å²) in [5.74, 6) is 3.31. The standard InChI is InChI=1S/C58H49N3/c1-4-13-55-49(9-1)50-10-2-5-14-56(50)60(55)46-30-26-41(27-31-46)42-28-32-47(33-29-42)61-57-15-6-3-11-51(57)53-38-40(19-35-58(53)61)18-34-48-43-22-24-44(25-23-43)52(48)37-39-16-20-45(21-17-39)54-12-7-8-36-59-54/h1-17,19-21,26-33,35-36,38,43-44,48,52H,18,22-25,34,37H2. The van der Waals surface area contributed by atoms with Crippen molar-refractivity contribution in [1.29, 1.82) is 0 Å². The minimum absolute atomic E-state index is 0.778. The zero-order valence-corrected chi connectivity index (χ0v) is 34.5. The van der Waals surface area contributed by atoms with Gasteiger partial charge in [0.1, 0.15) is 0 Å². The summed E-state index contributed by atoms with van der Waals surface area (Å²) < 4.78 is 4.84. The predicted octanol–water partition coefficient (Wildman–Crippen LogP) is 14.8. The van der Waals surface area contributed by atoms with E-state index < -0.39 is 0 Å². The van der Waals surface area contributed by atoms with Gasteiger partial charge in [-0.2, -0.15) is 0 Å². The molecule has 3 aliphatic rings. The number of fused-ring (bicyclic) bond motifs is 9. The number of benzene rings is 7. The molecule has 0 amide bonds. The first-order valence-electron chi connectivity index (χ1n) is 22.5. The summed E-state index contributed by atoms with van der Waals surface area (Å²) in [7, 11) is 0. The Morgan fingerprint density at radius 1 is 0.410 bits per heavy atom. The second kappa shape index (κ2) is 15.1. The van der Waals surface area contributed by atoms with E-state index in [1.807, 2.05) is 12.3 Å². The lowest BCUT2D eigenvalue weighted by atomic mass is 9.56. The third-order valence-corrected chi connectivity index (χ3v) is 14.6. The Morgan fingerprint density at radius 2 is 0.885 bits per heavy atom. The molecule has 3 aromatic heterocycles. The molecule has 3 fully saturated rings. The smallest absolute Gasteiger partial charge is 0.0701 e. The molecule has 3 nitrogen and oxygen atoms in total. The maximum absolute atomic E-state index is 4.58. The lowest BCUT2D eigenvalue weighted by Gasteiger charge is -2.49. The lowest BCUT2D eigenvalue weighted by molar-refractivity contribution is 0.0187. The highest BCUT2D eigenvalue weighted by atomic mass is 15.0. The molecule has 3 heterocycles. The topological polar surface area (TPSA) is 22.8 Å². The van der Waals surface area contributed by atoms with Crippen LogP contribution < -0.4 is 0 Å². The Morgan fingerprint density at radius 3 is 1.44 bits per heavy atom. The van der Waals surface area contributed by atoms with E-state index in [2.05, 4.69) is 190 Å². The summed E-state index contributed by atoms with van der Waals surface area (Å²) in [6, 6.07) is 67.3. The number of aryl methyl sites for hydroxylation is 1. The molecule has 2 unspecified atom stereocenters. The molecule has 3 saturated carbocycles. The molecule has 2 bridgehead atoms. The van der Waals surface area contributed by atoms with Crippen LogP contribution in [0.2, 0.25) is 0 Å². The van der Waals surface area contributed by atoms with Gasteiger partial charge in [0.2, 0.25) is 0 Å². The number of hydrogen-bond donors (Lipinski definition) is 0. The van der Waals surface area contributed by atoms with Gasteiger partial charge in [-0.1, -0.05) is 115 Å². The summed E-state index contributed by atoms with van der Waals surface area (Å²) in [4.78, 5) is 4.58. The molecule has 3 heteroatoms. The molecule has 0 saturated heterocycles. The highest BCUT2D eigenvalue weighted by molar-refractivity contribution is 6.10. The third-order valence-electron chi connectivity index (χ3n) is 14.6. The van der Waals surface area contributed by atoms with Crippen LogP contribution in [0.25, 0.3) is 77.4 Å². The van der Waals surface area contributed by atoms with E-state index in [1.165, 1.54) is 121 Å². The highest BCUT2D eigenvalue weighted by Crippen LogP contribution is 2.51. The van der Waals surface area contributed by atoms with Crippen LogP contribution in [0.4, 0.5) is 0 Å². The van der Waals surface area contributed by atoms with E-state index in [1.54, 1.807) is 0 Å². The van der Waals surface area contributed by atoms with E-state index in [-0.39, 0.29) is 0 Å². The minimum Gasteiger partial charge on any atom is -0.309 e. The number of hydrogen-bond acceptors (Lipinski definition) is 1. The van der Waals surface area contributed by atoms with Crippen LogP contribution in [-0.2, 0) is 12.8 Å². The molecule has 3 aliphatic carbocycles. The normalized spacial score (nSPS) is 18.8. The molecule has 13 rings (SSSR count). The van der Waals surface area contributed by atoms with E-state index in [0.717, 1.165) is 35.8 Å². The molecule has 0 aliphatic heterocycles. The summed E-state index contributed by atoms with van der Waals surface area (Å²) in [6.45, 7) is 0. The van der Waals surface area contributed by atoms with E-state index >= 15 is 0 Å². The SMILES string of the molecule is c1ccc(-c2ccc(CC3C4CCC(CC4)C3CCc3ccc4c(c3)c3ccccc3n4-c3ccc(-c4ccc(-n5c6ccccc6c6ccccc65)cc4)cc3)cc2)nc1. The zero-order chi connectivity index (χ0) is 40.3. The van der Waals surface area contributed by atoms with Crippen molar-refractivity contribution in [1.82, 2.24) is 14.1 Å². The zero-order valence-electron chi connectivity index (χ0n) is 34.5. The van der Waals surface area contributed by atoms with Crippen molar-refractivity contribution < 1.29 is 0 Å². The van der Waals surface area contributed by atoms with E-state index in [9.17, 15) is 0 Å². The summed E-state index contributed by atoms with van der Waals surface area (Å²) in [5, 5.41) is 5.25. The van der Waals surface area contributed by atoms with Gasteiger partial charge in [0, 0.05) is 44.7 Å². The lowest BCUT2D eigenvalue weighted by Crippen LogP contribution is -2.41. The molecule has 0 N–H and O–H groups in total. The maximum atomic E-state index is 4.58. The molecule has 0 spiro atoms. The molecular formula is C58H49N3. The monoisotopic (exact) mass is 787 g/mol. The Balaban J connectivity index is 0.797. The summed E-state index contributed by atoms with van der Waals surface area (Å²) >= 11 is 0. The first-order valence-corrected chi connectivity index (χ1v) is 22.5. The molecule has 7 aromatic carbocycles. The van der Waals surface area contributed by atoms with Crippen LogP contribution in [0.3, 0.4) is 0 Å². The highest BCUT2D eigenvalue weighted by Gasteiger charge is 2.42. The molecular weight excluding hydrogens is 739 g/mol. The predicted molar refractivity (Wildman–Crippen MR) is 255 cm³/mol. The molecule has 61 heavy (non-hydrogen) atoms. The van der Waals surface area contributed by atoms with Gasteiger partial charge in [-0.25, -0.2) is 0 Å². The fourth-order valence-corrected chi connectivity index (χ4v) is 11.7. The minimum atomic E-state index is 0.778. The van der Waals surface area contributed by atoms with Crippen molar-refractivity contribution in [3.8, 4) is 33.8 Å². The van der Waals surface area contributed by atoms with Crippen molar-refractivity contribution in [3.63, 3.8) is 0 Å². The number of aromatic nitrogens is 3. The quantitative estimate of drug-likeness (QED) is 0.143. The van der Waals surface area contributed by atoms with Gasteiger partial charge in [-0.3, -0.25) is 4.98 Å². The average molecular weight is 788 g/mol. The van der Waals surface area contributed by atoms with Gasteiger partial charge in [0.15, 0.2) is 0 Å². The number of rotatable bonds is 9. The second-order valence-electron chi connectivity index (χ2n) is 17.8. The van der Waals surface area contributed by atoms with Gasteiger partial charge < -0.3 is 9.13 Å². The van der Waals surface area contributed by atoms with Crippen LogP contribution in [0, 0.1) is 23.7 Å². The average Bonchev–Trinajstić information content (AvgIpc) is 3.85. The Labute approximate surface area is 358 Å². The molecule has 2 atom stereocenters. The first-order chi connectivity index (χ1) is 30.2. The fraction of sp³-hybridized carbons (Fsp3) is 0.190. The summed E-state index contributed by atoms with van der Waals surface area (Å²) in [5.41, 5.74) is 15.0. The van der Waals surface area contributed by atoms with Crippen LogP contribution >= 0.6 is 0 Å². The van der Waals surface area contributed by atoms with Crippen molar-refractivity contribution in [3.05, 3.63) is 199 Å². The maximum Gasteiger partial charge on any atom is 0.0701 e. The van der Waals surface area contributed by atoms with Crippen molar-refractivity contribution >= 4 is 43.6 Å². The fourth-order valence-electron chi connectivity index (χ4n) is 11.7. The Kier molecular flexibility index (Phi) is 8.94. The van der Waals surface area contributed by atoms with E-state index in [0.29, 0.717) is 0 Å². The van der Waals surface area contributed by atoms with Crippen LogP contribution in [0.5, 0.6) is 0 Å². The van der Waals surface area contributed by atoms with Gasteiger partial charge in [-0.05, 0) is 158 Å². The molecule has 0 radical (unpaired) electrons. The number of pyridine rings is 1. The van der Waals surface area contributed by atoms with Crippen LogP contribution in [-0.4, -0.2) is 14.1 Å². The first kappa shape index (κ1) is 36.2. The molecule has 10 aromatic rings. The van der Waals surface area contributed by atoms with Crippen molar-refractivity contribution in [2.45, 2.75) is 44.9 Å². The third kappa shape index (κ3) is 6.38. The van der Waals surface area contributed by atoms with Crippen LogP contribution in [0.1, 0.15) is 43.2 Å². The van der Waals surface area contributed by atoms with Gasteiger partial charge in [0.05, 0.1) is 27.8 Å². The second-order valence-corrected chi connectivity index (χ2v) is 17.8. The Hall–Kier alpha value is -6.71. The molecule has 296 valence electrons. The van der Waals surface area contributed by atoms with Crippen molar-refractivity contribution in [2.24, 2.45) is 23.7 Å². The summed E-state index contributed by atoms with van der Waals surface area (Å²) in [6.07, 6.45) is 11.2. The van der Waals surface area contributed by atoms with E-state index in [4.69, 9.17) is 0 Å². The van der Waals surface area contributed by atoms with Gasteiger partial charge in [-0.15, -0.1) is 0 Å². The van der Waals surface area contributed by atoms with Crippen LogP contribution in [0.15, 0.2) is 188 Å². The largest absolute Gasteiger partial charge is 0.309 e. The van der Waals surface area contributed by atoms with Crippen molar-refractivity contribution in [2.75, 3.05) is 0 Å². The number of nitrogens with zero attached hydrogens (tertiary/aromatic N) is 3.